The Kier molecular flexibility index (Phi) is 8.34. The molecule has 0 saturated carbocycles. The minimum Gasteiger partial charge on any atom is -0.326 e. The number of anilines is 1. The summed E-state index contributed by atoms with van der Waals surface area (Å²) in [5.74, 6) is 1.24. The summed E-state index contributed by atoms with van der Waals surface area (Å²) in [5.41, 5.74) is 2.10. The van der Waals surface area contributed by atoms with Crippen LogP contribution >= 0.6 is 11.8 Å². The van der Waals surface area contributed by atoms with Crippen molar-refractivity contribution in [2.24, 2.45) is 0 Å². The number of hydrogen-bond donors (Lipinski definition) is 2. The molecule has 0 atom stereocenters. The van der Waals surface area contributed by atoms with Crippen LogP contribution < -0.4 is 10.6 Å². The van der Waals surface area contributed by atoms with E-state index in [9.17, 15) is 4.79 Å². The fourth-order valence-electron chi connectivity index (χ4n) is 1.82. The Balaban J connectivity index is 2.14. The number of carbonyl (C=O) groups excluding carboxylic acids is 1. The molecule has 0 bridgehead atoms. The first-order valence-electron chi connectivity index (χ1n) is 6.78. The van der Waals surface area contributed by atoms with Crippen LogP contribution in [0.25, 0.3) is 0 Å². The lowest BCUT2D eigenvalue weighted by molar-refractivity contribution is -0.114. The molecule has 0 aromatic heterocycles. The number of nitrogens with one attached hydrogen (secondary N) is 2. The van der Waals surface area contributed by atoms with E-state index in [1.807, 2.05) is 36.0 Å². The second kappa shape index (κ2) is 9.87. The van der Waals surface area contributed by atoms with E-state index in [4.69, 9.17) is 0 Å². The van der Waals surface area contributed by atoms with E-state index in [2.05, 4.69) is 16.9 Å². The van der Waals surface area contributed by atoms with Crippen LogP contribution in [0.3, 0.4) is 0 Å². The van der Waals surface area contributed by atoms with Gasteiger partial charge in [-0.3, -0.25) is 4.79 Å². The molecule has 0 heterocycles. The van der Waals surface area contributed by atoms with Crippen molar-refractivity contribution in [3.63, 3.8) is 0 Å². The predicted molar refractivity (Wildman–Crippen MR) is 84.7 cm³/mol. The van der Waals surface area contributed by atoms with E-state index in [-0.39, 0.29) is 5.91 Å². The quantitative estimate of drug-likeness (QED) is 0.682. The molecule has 19 heavy (non-hydrogen) atoms. The summed E-state index contributed by atoms with van der Waals surface area (Å²) in [6, 6.07) is 7.98. The molecule has 0 aliphatic heterocycles. The van der Waals surface area contributed by atoms with Crippen molar-refractivity contribution in [2.75, 3.05) is 23.9 Å². The van der Waals surface area contributed by atoms with Crippen molar-refractivity contribution in [3.8, 4) is 0 Å². The number of amides is 1. The number of benzene rings is 1. The molecule has 1 aromatic carbocycles. The number of thioether (sulfide) groups is 1. The molecule has 0 fully saturated rings. The lowest BCUT2D eigenvalue weighted by Gasteiger charge is -2.06. The maximum absolute atomic E-state index is 10.9. The van der Waals surface area contributed by atoms with Crippen LogP contribution in [0.2, 0.25) is 0 Å². The van der Waals surface area contributed by atoms with Crippen molar-refractivity contribution in [1.29, 1.82) is 0 Å². The van der Waals surface area contributed by atoms with Crippen LogP contribution in [-0.4, -0.2) is 24.5 Å². The molecule has 0 unspecified atom stereocenters. The van der Waals surface area contributed by atoms with Crippen LogP contribution in [0.1, 0.15) is 31.7 Å². The van der Waals surface area contributed by atoms with Crippen molar-refractivity contribution in [3.05, 3.63) is 29.8 Å². The molecule has 1 aromatic rings. The second-order valence-corrected chi connectivity index (χ2v) is 5.59. The van der Waals surface area contributed by atoms with E-state index in [0.29, 0.717) is 0 Å². The van der Waals surface area contributed by atoms with E-state index in [0.717, 1.165) is 18.8 Å². The van der Waals surface area contributed by atoms with Gasteiger partial charge in [0.2, 0.25) is 5.91 Å². The van der Waals surface area contributed by atoms with E-state index >= 15 is 0 Å². The van der Waals surface area contributed by atoms with Gasteiger partial charge in [0.15, 0.2) is 0 Å². The smallest absolute Gasteiger partial charge is 0.221 e. The lowest BCUT2D eigenvalue weighted by atomic mass is 10.2. The third-order valence-corrected chi connectivity index (χ3v) is 3.50. The van der Waals surface area contributed by atoms with Gasteiger partial charge in [-0.05, 0) is 49.1 Å². The van der Waals surface area contributed by atoms with Gasteiger partial charge in [-0.1, -0.05) is 18.6 Å². The van der Waals surface area contributed by atoms with Gasteiger partial charge in [-0.25, -0.2) is 0 Å². The highest BCUT2D eigenvalue weighted by Crippen LogP contribution is 2.09. The van der Waals surface area contributed by atoms with Gasteiger partial charge in [0.1, 0.15) is 0 Å². The molecule has 2 N–H and O–H groups in total. The number of hydrogen-bond acceptors (Lipinski definition) is 3. The second-order valence-electron chi connectivity index (χ2n) is 4.61. The van der Waals surface area contributed by atoms with Gasteiger partial charge in [0.05, 0.1) is 0 Å². The summed E-state index contributed by atoms with van der Waals surface area (Å²) in [7, 11) is 0. The third-order valence-electron chi connectivity index (χ3n) is 2.81. The topological polar surface area (TPSA) is 41.1 Å². The van der Waals surface area contributed by atoms with Gasteiger partial charge in [0.25, 0.3) is 0 Å². The molecular formula is C15H24N2OS. The Bertz CT molecular complexity index is 365. The first kappa shape index (κ1) is 16.1. The molecule has 106 valence electrons. The highest BCUT2D eigenvalue weighted by Gasteiger charge is 1.96. The molecule has 0 aliphatic carbocycles. The van der Waals surface area contributed by atoms with Crippen molar-refractivity contribution in [2.45, 2.75) is 32.7 Å². The summed E-state index contributed by atoms with van der Waals surface area (Å²) >= 11 is 1.92. The Morgan fingerprint density at radius 2 is 1.89 bits per heavy atom. The minimum atomic E-state index is -0.0314. The maximum atomic E-state index is 10.9. The Morgan fingerprint density at radius 1 is 1.16 bits per heavy atom. The third kappa shape index (κ3) is 7.90. The first-order chi connectivity index (χ1) is 9.22. The van der Waals surface area contributed by atoms with Crippen molar-refractivity contribution in [1.82, 2.24) is 5.32 Å². The maximum Gasteiger partial charge on any atom is 0.221 e. The average Bonchev–Trinajstić information content (AvgIpc) is 2.39. The molecular weight excluding hydrogens is 256 g/mol. The SMILES string of the molecule is CSCCCCCNCc1ccc(NC(C)=O)cc1. The fraction of sp³-hybridized carbons (Fsp3) is 0.533. The van der Waals surface area contributed by atoms with Crippen LogP contribution in [0.15, 0.2) is 24.3 Å². The summed E-state index contributed by atoms with van der Waals surface area (Å²) in [6.07, 6.45) is 6.01. The zero-order valence-corrected chi connectivity index (χ0v) is 12.7. The van der Waals surface area contributed by atoms with Crippen LogP contribution in [0.4, 0.5) is 5.69 Å². The standard InChI is InChI=1S/C15H24N2OS/c1-13(18)17-15-8-6-14(7-9-15)12-16-10-4-3-5-11-19-2/h6-9,16H,3-5,10-12H2,1-2H3,(H,17,18). The van der Waals surface area contributed by atoms with Crippen LogP contribution in [-0.2, 0) is 11.3 Å². The van der Waals surface area contributed by atoms with Gasteiger partial charge in [-0.2, -0.15) is 11.8 Å². The molecule has 0 radical (unpaired) electrons. The molecule has 0 saturated heterocycles. The van der Waals surface area contributed by atoms with Gasteiger partial charge in [-0.15, -0.1) is 0 Å². The highest BCUT2D eigenvalue weighted by molar-refractivity contribution is 7.98. The number of carbonyl (C=O) groups is 1. The van der Waals surface area contributed by atoms with Crippen LogP contribution in [0.5, 0.6) is 0 Å². The molecule has 1 rings (SSSR count). The zero-order chi connectivity index (χ0) is 13.9. The molecule has 3 nitrogen and oxygen atoms in total. The predicted octanol–water partition coefficient (Wildman–Crippen LogP) is 3.27. The number of rotatable bonds is 9. The van der Waals surface area contributed by atoms with Gasteiger partial charge >= 0.3 is 0 Å². The molecule has 0 spiro atoms. The highest BCUT2D eigenvalue weighted by atomic mass is 32.2. The molecule has 4 heteroatoms. The average molecular weight is 280 g/mol. The lowest BCUT2D eigenvalue weighted by Crippen LogP contribution is -2.14. The summed E-state index contributed by atoms with van der Waals surface area (Å²) in [4.78, 5) is 10.9. The fourth-order valence-corrected chi connectivity index (χ4v) is 2.31. The Morgan fingerprint density at radius 3 is 2.53 bits per heavy atom. The summed E-state index contributed by atoms with van der Waals surface area (Å²) < 4.78 is 0. The van der Waals surface area contributed by atoms with E-state index < -0.39 is 0 Å². The van der Waals surface area contributed by atoms with Crippen LogP contribution in [0, 0.1) is 0 Å². The summed E-state index contributed by atoms with van der Waals surface area (Å²) in [5, 5.41) is 6.21. The van der Waals surface area contributed by atoms with Crippen molar-refractivity contribution >= 4 is 23.4 Å². The van der Waals surface area contributed by atoms with E-state index in [1.54, 1.807) is 0 Å². The minimum absolute atomic E-state index is 0.0314. The Hall–Kier alpha value is -1.00. The van der Waals surface area contributed by atoms with E-state index in [1.165, 1.54) is 37.5 Å². The van der Waals surface area contributed by atoms with Crippen molar-refractivity contribution < 1.29 is 4.79 Å². The molecule has 1 amide bonds. The summed E-state index contributed by atoms with van der Waals surface area (Å²) in [6.45, 7) is 3.48. The van der Waals surface area contributed by atoms with Gasteiger partial charge < -0.3 is 10.6 Å². The molecule has 0 aliphatic rings. The normalized spacial score (nSPS) is 10.4. The Labute approximate surface area is 120 Å². The largest absolute Gasteiger partial charge is 0.326 e. The monoisotopic (exact) mass is 280 g/mol. The van der Waals surface area contributed by atoms with Gasteiger partial charge in [0, 0.05) is 19.2 Å². The first-order valence-corrected chi connectivity index (χ1v) is 8.18. The number of unbranched alkanes of at least 4 members (excludes halogenated alkanes) is 2. The zero-order valence-electron chi connectivity index (χ0n) is 11.9.